The van der Waals surface area contributed by atoms with Gasteiger partial charge in [-0.05, 0) is 0 Å². The van der Waals surface area contributed by atoms with Gasteiger partial charge in [-0.2, -0.15) is 0 Å². The molecule has 0 unspecified atom stereocenters. The number of aryl methyl sites for hydroxylation is 1. The molecule has 0 N–H and O–H groups in total. The molecule has 146 valence electrons. The molecule has 0 aromatic carbocycles. The summed E-state index contributed by atoms with van der Waals surface area (Å²) < 4.78 is 8.21. The number of fused-ring (bicyclic) bond motifs is 1. The summed E-state index contributed by atoms with van der Waals surface area (Å²) in [6, 6.07) is 4.43. The predicted octanol–water partition coefficient (Wildman–Crippen LogP) is 6.29. The molecule has 2 heterocycles. The van der Waals surface area contributed by atoms with E-state index in [1.807, 2.05) is 6.20 Å². The maximum absolute atomic E-state index is 5.31. The molecule has 0 aliphatic heterocycles. The van der Waals surface area contributed by atoms with Gasteiger partial charge in [0.2, 0.25) is 0 Å². The molecule has 0 aliphatic rings. The van der Waals surface area contributed by atoms with Crippen LogP contribution in [-0.4, -0.2) is 33.1 Å². The van der Waals surface area contributed by atoms with Crippen molar-refractivity contribution in [1.82, 2.24) is 14.8 Å². The molecule has 4 heteroatoms. The molecular formula is C22H39N3Sn. The molecule has 0 bridgehead atoms. The number of hydrogen-bond donors (Lipinski definition) is 0. The molecule has 0 atom stereocenters. The fourth-order valence-electron chi connectivity index (χ4n) is 4.14. The van der Waals surface area contributed by atoms with Gasteiger partial charge in [0.15, 0.2) is 0 Å². The van der Waals surface area contributed by atoms with E-state index in [-0.39, 0.29) is 0 Å². The van der Waals surface area contributed by atoms with E-state index in [9.17, 15) is 0 Å². The molecule has 3 nitrogen and oxygen atoms in total. The molecule has 0 amide bonds. The van der Waals surface area contributed by atoms with Crippen molar-refractivity contribution in [2.45, 2.75) is 98.9 Å². The summed E-state index contributed by atoms with van der Waals surface area (Å²) in [6.45, 7) is 10.3. The molecule has 2 aromatic heterocycles. The van der Waals surface area contributed by atoms with Crippen LogP contribution in [0, 0.1) is 0 Å². The number of hydrogen-bond acceptors (Lipinski definition) is 2. The Balaban J connectivity index is 2.53. The summed E-state index contributed by atoms with van der Waals surface area (Å²) in [5.74, 6) is 0. The molecule has 0 aliphatic carbocycles. The van der Waals surface area contributed by atoms with Crippen LogP contribution in [0.15, 0.2) is 18.3 Å². The third-order valence-electron chi connectivity index (χ3n) is 5.76. The van der Waals surface area contributed by atoms with Gasteiger partial charge in [-0.15, -0.1) is 0 Å². The fourth-order valence-corrected chi connectivity index (χ4v) is 20.3. The van der Waals surface area contributed by atoms with E-state index in [1.54, 1.807) is 3.71 Å². The summed E-state index contributed by atoms with van der Waals surface area (Å²) >= 11 is -2.52. The van der Waals surface area contributed by atoms with Crippen LogP contribution >= 0.6 is 0 Å². The van der Waals surface area contributed by atoms with Gasteiger partial charge in [-0.1, -0.05) is 0 Å². The predicted molar refractivity (Wildman–Crippen MR) is 117 cm³/mol. The average Bonchev–Trinajstić information content (AvgIpc) is 3.05. The Morgan fingerprint density at radius 3 is 1.96 bits per heavy atom. The standard InChI is InChI=1S/C10H12N3.3C4H9.Sn/c1-2-3-7-13-10-9(8-12-13)5-4-6-11-10;3*1-3-4-2;/h4-6H,2-3,7H2,1H3;3*1,3-4H2,2H3;. The Morgan fingerprint density at radius 1 is 0.846 bits per heavy atom. The van der Waals surface area contributed by atoms with E-state index in [1.165, 1.54) is 70.1 Å². The van der Waals surface area contributed by atoms with Crippen LogP contribution in [0.4, 0.5) is 0 Å². The fraction of sp³-hybridized carbons (Fsp3) is 0.727. The molecule has 0 spiro atoms. The van der Waals surface area contributed by atoms with E-state index in [4.69, 9.17) is 10.1 Å². The number of nitrogens with zero attached hydrogens (tertiary/aromatic N) is 3. The van der Waals surface area contributed by atoms with Gasteiger partial charge < -0.3 is 0 Å². The van der Waals surface area contributed by atoms with Crippen molar-refractivity contribution in [3.05, 3.63) is 18.3 Å². The van der Waals surface area contributed by atoms with Crippen molar-refractivity contribution in [2.75, 3.05) is 0 Å². The van der Waals surface area contributed by atoms with Crippen molar-refractivity contribution in [3.63, 3.8) is 0 Å². The Labute approximate surface area is 164 Å². The summed E-state index contributed by atoms with van der Waals surface area (Å²) in [7, 11) is 0. The van der Waals surface area contributed by atoms with Crippen molar-refractivity contribution in [2.24, 2.45) is 0 Å². The van der Waals surface area contributed by atoms with Crippen molar-refractivity contribution < 1.29 is 0 Å². The van der Waals surface area contributed by atoms with Gasteiger partial charge >= 0.3 is 165 Å². The quantitative estimate of drug-likeness (QED) is 0.327. The van der Waals surface area contributed by atoms with Crippen molar-refractivity contribution in [1.29, 1.82) is 0 Å². The SMILES string of the molecule is CCCCn1n[c]([Sn]([CH2]CCC)([CH2]CCC)[CH2]CCC)c2cccnc21. The van der Waals surface area contributed by atoms with Gasteiger partial charge in [0.05, 0.1) is 0 Å². The first-order valence-corrected chi connectivity index (χ1v) is 18.5. The Kier molecular flexibility index (Phi) is 9.44. The minimum absolute atomic E-state index is 1.02. The van der Waals surface area contributed by atoms with Gasteiger partial charge in [-0.25, -0.2) is 0 Å². The van der Waals surface area contributed by atoms with Gasteiger partial charge in [0.1, 0.15) is 0 Å². The summed E-state index contributed by atoms with van der Waals surface area (Å²) in [4.78, 5) is 4.74. The van der Waals surface area contributed by atoms with Crippen LogP contribution in [-0.2, 0) is 6.54 Å². The van der Waals surface area contributed by atoms with Gasteiger partial charge in [0.25, 0.3) is 0 Å². The normalized spacial score (nSPS) is 12.2. The molecule has 2 aromatic rings. The van der Waals surface area contributed by atoms with Crippen LogP contribution in [0.3, 0.4) is 0 Å². The molecule has 0 saturated carbocycles. The van der Waals surface area contributed by atoms with Crippen molar-refractivity contribution in [3.8, 4) is 0 Å². The van der Waals surface area contributed by atoms with E-state index >= 15 is 0 Å². The third-order valence-corrected chi connectivity index (χ3v) is 20.9. The molecule has 0 radical (unpaired) electrons. The van der Waals surface area contributed by atoms with Gasteiger partial charge in [0, 0.05) is 0 Å². The third kappa shape index (κ3) is 5.23. The zero-order chi connectivity index (χ0) is 18.8. The van der Waals surface area contributed by atoms with Crippen LogP contribution in [0.2, 0.25) is 13.3 Å². The first-order chi connectivity index (χ1) is 12.7. The van der Waals surface area contributed by atoms with E-state index in [0.29, 0.717) is 0 Å². The number of aromatic nitrogens is 3. The van der Waals surface area contributed by atoms with Crippen LogP contribution in [0.25, 0.3) is 11.0 Å². The van der Waals surface area contributed by atoms with Gasteiger partial charge in [-0.3, -0.25) is 0 Å². The van der Waals surface area contributed by atoms with E-state index in [0.717, 1.165) is 12.2 Å². The maximum atomic E-state index is 5.31. The average molecular weight is 464 g/mol. The van der Waals surface area contributed by atoms with E-state index < -0.39 is 18.4 Å². The first-order valence-electron chi connectivity index (χ1n) is 11.0. The molecular weight excluding hydrogens is 425 g/mol. The molecule has 0 fully saturated rings. The second-order valence-electron chi connectivity index (χ2n) is 7.89. The Hall–Kier alpha value is -0.581. The second-order valence-corrected chi connectivity index (χ2v) is 20.8. The Bertz CT molecular complexity index is 628. The van der Waals surface area contributed by atoms with Crippen molar-refractivity contribution >= 4 is 33.1 Å². The van der Waals surface area contributed by atoms with Crippen LogP contribution in [0.5, 0.6) is 0 Å². The number of unbranched alkanes of at least 4 members (excludes halogenated alkanes) is 4. The zero-order valence-corrected chi connectivity index (χ0v) is 20.4. The van der Waals surface area contributed by atoms with Crippen LogP contribution < -0.4 is 3.71 Å². The molecule has 26 heavy (non-hydrogen) atoms. The number of rotatable bonds is 13. The summed E-state index contributed by atoms with van der Waals surface area (Å²) in [5.41, 5.74) is 1.14. The van der Waals surface area contributed by atoms with E-state index in [2.05, 4.69) is 44.5 Å². The first kappa shape index (κ1) is 21.7. The topological polar surface area (TPSA) is 30.7 Å². The monoisotopic (exact) mass is 465 g/mol. The summed E-state index contributed by atoms with van der Waals surface area (Å²) in [6.07, 6.45) is 12.4. The van der Waals surface area contributed by atoms with Crippen LogP contribution in [0.1, 0.15) is 79.1 Å². The number of pyridine rings is 1. The second kappa shape index (κ2) is 11.3. The summed E-state index contributed by atoms with van der Waals surface area (Å²) in [5, 5.41) is 6.70. The molecule has 2 rings (SSSR count). The Morgan fingerprint density at radius 2 is 1.42 bits per heavy atom. The zero-order valence-electron chi connectivity index (χ0n) is 17.6. The minimum atomic E-state index is -2.52. The molecule has 0 saturated heterocycles.